The summed E-state index contributed by atoms with van der Waals surface area (Å²) in [6.45, 7) is 0. The molecule has 0 aliphatic rings. The predicted octanol–water partition coefficient (Wildman–Crippen LogP) is -3.86. The normalized spacial score (nSPS) is 7.62. The first kappa shape index (κ1) is 20.7. The minimum absolute atomic E-state index is 0. The first-order chi connectivity index (χ1) is 6.84. The van der Waals surface area contributed by atoms with Crippen LogP contribution >= 0.6 is 0 Å². The number of hydrogen-bond acceptors (Lipinski definition) is 9. The van der Waals surface area contributed by atoms with Crippen LogP contribution in [0.3, 0.4) is 0 Å². The van der Waals surface area contributed by atoms with Crippen LogP contribution in [0.2, 0.25) is 0 Å². The molecule has 0 atom stereocenters. The van der Waals surface area contributed by atoms with Crippen LogP contribution < -0.4 is 0 Å². The molecule has 0 spiro atoms. The van der Waals surface area contributed by atoms with E-state index in [1.165, 1.54) is 0 Å². The second kappa shape index (κ2) is 12.4. The molecule has 0 saturated carbocycles. The van der Waals surface area contributed by atoms with Gasteiger partial charge in [0.15, 0.2) is 0 Å². The fraction of sp³-hybridized carbons (Fsp3) is 0. The molecule has 0 rings (SSSR count). The molecule has 0 saturated heterocycles. The van der Waals surface area contributed by atoms with E-state index in [0.29, 0.717) is 0 Å². The molecule has 0 aromatic rings. The third-order valence-corrected chi connectivity index (χ3v) is 0.550. The third-order valence-electron chi connectivity index (χ3n) is 0.550. The zero-order valence-corrected chi connectivity index (χ0v) is 6.74. The zero-order chi connectivity index (χ0) is 12.4. The molecule has 16 heavy (non-hydrogen) atoms. The van der Waals surface area contributed by atoms with Crippen molar-refractivity contribution in [2.75, 3.05) is 0 Å². The van der Waals surface area contributed by atoms with Crippen molar-refractivity contribution in [1.29, 1.82) is 0 Å². The van der Waals surface area contributed by atoms with Crippen LogP contribution in [0.4, 0.5) is 9.05 Å². The Kier molecular flexibility index (Phi) is 16.0. The number of rotatable bonds is 2. The molecular weight excluding hydrogens is 235 g/mol. The number of carbonyl (C=O) groups excluding carboxylic acids is 2. The van der Waals surface area contributed by atoms with Gasteiger partial charge in [-0.1, -0.05) is 0 Å². The second-order valence-corrected chi connectivity index (χ2v) is 1.52. The van der Waals surface area contributed by atoms with Crippen molar-refractivity contribution >= 4 is 45.4 Å². The summed E-state index contributed by atoms with van der Waals surface area (Å²) < 4.78 is 24.5. The quantitative estimate of drug-likeness (QED) is 0.281. The van der Waals surface area contributed by atoms with Crippen molar-refractivity contribution in [2.24, 2.45) is 0 Å². The molecular formula is C2H5B2F2LiO9. The monoisotopic (exact) mass is 240 g/mol. The molecule has 0 unspecified atom stereocenters. The Morgan fingerprint density at radius 3 is 1.19 bits per heavy atom. The topological polar surface area (TPSA) is 143 Å². The van der Waals surface area contributed by atoms with Crippen molar-refractivity contribution in [3.05, 3.63) is 0 Å². The van der Waals surface area contributed by atoms with Gasteiger partial charge in [-0.2, -0.15) is 0 Å². The van der Waals surface area contributed by atoms with Crippen LogP contribution in [-0.2, 0) is 24.0 Å². The summed E-state index contributed by atoms with van der Waals surface area (Å²) in [4.78, 5) is 23.4. The van der Waals surface area contributed by atoms with E-state index in [9.17, 15) is 18.6 Å². The second-order valence-electron chi connectivity index (χ2n) is 1.52. The van der Waals surface area contributed by atoms with Crippen molar-refractivity contribution < 1.29 is 53.2 Å². The minimum atomic E-state index is -2.13. The number of carbonyl (C=O) groups is 2. The molecule has 0 heterocycles. The average molecular weight is 240 g/mol. The van der Waals surface area contributed by atoms with Gasteiger partial charge < -0.3 is 24.7 Å². The predicted molar refractivity (Wildman–Crippen MR) is 43.0 cm³/mol. The summed E-state index contributed by atoms with van der Waals surface area (Å²) in [6, 6.07) is 0. The van der Waals surface area contributed by atoms with E-state index >= 15 is 0 Å². The zero-order valence-electron chi connectivity index (χ0n) is 6.74. The maximum atomic E-state index is 10.5. The summed E-state index contributed by atoms with van der Waals surface area (Å²) in [5.41, 5.74) is 0. The number of halogens is 2. The van der Waals surface area contributed by atoms with E-state index < -0.39 is 26.6 Å². The van der Waals surface area contributed by atoms with Gasteiger partial charge in [-0.3, -0.25) is 0 Å². The van der Waals surface area contributed by atoms with Crippen LogP contribution in [0.5, 0.6) is 0 Å². The number of hydrogen-bond donors (Lipinski definition) is 4. The van der Waals surface area contributed by atoms with E-state index in [2.05, 4.69) is 14.5 Å². The SMILES string of the molecule is O=C(OF)C(=O)OF.OB(O)OB(O)O.[LiH]. The van der Waals surface area contributed by atoms with Gasteiger partial charge in [0, 0.05) is 9.05 Å². The van der Waals surface area contributed by atoms with E-state index in [-0.39, 0.29) is 18.9 Å². The fourth-order valence-corrected chi connectivity index (χ4v) is 0.172. The van der Waals surface area contributed by atoms with Crippen molar-refractivity contribution in [2.45, 2.75) is 0 Å². The van der Waals surface area contributed by atoms with Gasteiger partial charge in [0.2, 0.25) is 0 Å². The van der Waals surface area contributed by atoms with E-state index in [1.54, 1.807) is 0 Å². The molecule has 0 amide bonds. The molecule has 0 aliphatic heterocycles. The van der Waals surface area contributed by atoms with Crippen molar-refractivity contribution in [1.82, 2.24) is 0 Å². The van der Waals surface area contributed by atoms with Gasteiger partial charge in [0.1, 0.15) is 0 Å². The summed E-state index contributed by atoms with van der Waals surface area (Å²) in [7, 11) is -4.25. The third kappa shape index (κ3) is 15.8. The molecule has 88 valence electrons. The van der Waals surface area contributed by atoms with Crippen molar-refractivity contribution in [3.63, 3.8) is 0 Å². The van der Waals surface area contributed by atoms with Crippen LogP contribution in [-0.4, -0.2) is 65.5 Å². The molecule has 0 fully saturated rings. The van der Waals surface area contributed by atoms with E-state index in [4.69, 9.17) is 20.1 Å². The molecule has 0 aromatic carbocycles. The van der Waals surface area contributed by atoms with E-state index in [1.807, 2.05) is 0 Å². The van der Waals surface area contributed by atoms with Gasteiger partial charge in [0.25, 0.3) is 0 Å². The van der Waals surface area contributed by atoms with Gasteiger partial charge in [-0.15, -0.1) is 0 Å². The fourth-order valence-electron chi connectivity index (χ4n) is 0.172. The Bertz CT molecular complexity index is 182. The van der Waals surface area contributed by atoms with Crippen LogP contribution in [0.15, 0.2) is 0 Å². The van der Waals surface area contributed by atoms with Gasteiger partial charge in [-0.25, -0.2) is 19.5 Å². The van der Waals surface area contributed by atoms with Gasteiger partial charge in [0.05, 0.1) is 0 Å². The molecule has 0 radical (unpaired) electrons. The van der Waals surface area contributed by atoms with Gasteiger partial charge in [-0.05, 0) is 0 Å². The molecule has 0 aliphatic carbocycles. The summed E-state index contributed by atoms with van der Waals surface area (Å²) in [5, 5.41) is 30.9. The summed E-state index contributed by atoms with van der Waals surface area (Å²) >= 11 is 0. The molecule has 9 nitrogen and oxygen atoms in total. The van der Waals surface area contributed by atoms with Crippen molar-refractivity contribution in [3.8, 4) is 0 Å². The average Bonchev–Trinajstić information content (AvgIpc) is 2.14. The van der Waals surface area contributed by atoms with E-state index in [0.717, 1.165) is 0 Å². The standard InChI is InChI=1S/C2F2O4.B2H4O5.Li.H/c3-7-1(5)2(6)8-4;3-1(4)7-2(5)6;;/h;3-6H;;. The Hall–Kier alpha value is -0.673. The Balaban J connectivity index is -0.000000200. The Morgan fingerprint density at radius 1 is 0.875 bits per heavy atom. The first-order valence-electron chi connectivity index (χ1n) is 2.88. The Labute approximate surface area is 99.2 Å². The molecule has 14 heteroatoms. The maximum absolute atomic E-state index is 10.5. The first-order valence-corrected chi connectivity index (χ1v) is 2.88. The molecule has 4 N–H and O–H groups in total. The van der Waals surface area contributed by atoms with Crippen LogP contribution in [0.1, 0.15) is 0 Å². The molecule has 0 aromatic heterocycles. The Morgan fingerprint density at radius 2 is 1.12 bits per heavy atom. The summed E-state index contributed by atoms with van der Waals surface area (Å²) in [5.74, 6) is -4.04. The van der Waals surface area contributed by atoms with Crippen LogP contribution in [0.25, 0.3) is 0 Å². The van der Waals surface area contributed by atoms with Crippen LogP contribution in [0, 0.1) is 0 Å². The van der Waals surface area contributed by atoms with Gasteiger partial charge >= 0.3 is 45.4 Å². The molecule has 0 bridgehead atoms. The summed E-state index contributed by atoms with van der Waals surface area (Å²) in [6.07, 6.45) is 0.